The number of aliphatic hydroxyl groups is 5. The maximum Gasteiger partial charge on any atom is 0.245 e. The summed E-state index contributed by atoms with van der Waals surface area (Å²) >= 11 is 0. The van der Waals surface area contributed by atoms with Crippen molar-refractivity contribution in [1.82, 2.24) is 37.2 Å². The van der Waals surface area contributed by atoms with E-state index in [2.05, 4.69) is 37.2 Å². The number of aromatic hydroxyl groups is 1. The highest BCUT2D eigenvalue weighted by Crippen LogP contribution is 2.20. The average molecular weight is 841 g/mol. The van der Waals surface area contributed by atoms with Crippen molar-refractivity contribution in [3.05, 3.63) is 29.8 Å². The lowest BCUT2D eigenvalue weighted by Crippen LogP contribution is -2.68. The van der Waals surface area contributed by atoms with Gasteiger partial charge in [-0.15, -0.1) is 0 Å². The molecule has 1 aliphatic heterocycles. The van der Waals surface area contributed by atoms with Crippen LogP contribution in [0.5, 0.6) is 5.75 Å². The van der Waals surface area contributed by atoms with Crippen LogP contribution in [-0.2, 0) is 49.5 Å². The summed E-state index contributed by atoms with van der Waals surface area (Å²) in [6, 6.07) is -3.82. The number of ether oxygens (including phenoxy) is 1. The average Bonchev–Trinajstić information content (AvgIpc) is 3.14. The van der Waals surface area contributed by atoms with Crippen LogP contribution in [0.4, 0.5) is 0 Å². The number of nitrogens with one attached hydrogen (secondary N) is 7. The quantitative estimate of drug-likeness (QED) is 0.0548. The van der Waals surface area contributed by atoms with E-state index in [1.165, 1.54) is 24.3 Å². The van der Waals surface area contributed by atoms with Crippen LogP contribution in [0, 0.1) is 5.92 Å². The van der Waals surface area contributed by atoms with Crippen LogP contribution < -0.4 is 43.0 Å². The first-order chi connectivity index (χ1) is 27.6. The van der Waals surface area contributed by atoms with Crippen LogP contribution >= 0.6 is 0 Å². The summed E-state index contributed by atoms with van der Waals surface area (Å²) in [5, 5.41) is 76.5. The van der Waals surface area contributed by atoms with E-state index in [1.807, 2.05) is 0 Å². The number of carbonyl (C=O) groups excluding carboxylic acids is 8. The van der Waals surface area contributed by atoms with Crippen LogP contribution in [0.3, 0.4) is 0 Å². The molecule has 1 aliphatic rings. The molecule has 0 saturated carbocycles. The topological polar surface area (TPSA) is 377 Å². The van der Waals surface area contributed by atoms with E-state index >= 15 is 0 Å². The first kappa shape index (κ1) is 49.7. The van der Waals surface area contributed by atoms with Crippen molar-refractivity contribution in [3.63, 3.8) is 0 Å². The minimum Gasteiger partial charge on any atom is -0.508 e. The molecule has 23 heteroatoms. The highest BCUT2D eigenvalue weighted by atomic mass is 16.5. The zero-order valence-electron chi connectivity index (χ0n) is 33.2. The number of benzene rings is 1. The number of nitrogens with two attached hydrogens (primary N) is 1. The molecule has 0 spiro atoms. The summed E-state index contributed by atoms with van der Waals surface area (Å²) < 4.78 is 5.54. The number of primary amides is 1. The zero-order chi connectivity index (χ0) is 44.7. The van der Waals surface area contributed by atoms with E-state index < -0.39 is 134 Å². The lowest BCUT2D eigenvalue weighted by atomic mass is 9.95. The van der Waals surface area contributed by atoms with E-state index in [0.29, 0.717) is 5.56 Å². The number of rotatable bonds is 21. The number of phenols is 1. The molecule has 0 aliphatic carbocycles. The van der Waals surface area contributed by atoms with E-state index in [9.17, 15) is 69.0 Å². The second-order valence-electron chi connectivity index (χ2n) is 14.5. The van der Waals surface area contributed by atoms with Crippen molar-refractivity contribution >= 4 is 47.3 Å². The lowest BCUT2D eigenvalue weighted by Gasteiger charge is -2.42. The van der Waals surface area contributed by atoms with Gasteiger partial charge in [0.05, 0.1) is 25.7 Å². The van der Waals surface area contributed by atoms with E-state index in [4.69, 9.17) is 10.5 Å². The number of hydrogen-bond acceptors (Lipinski definition) is 15. The molecule has 0 aromatic heterocycles. The van der Waals surface area contributed by atoms with Gasteiger partial charge in [0, 0.05) is 20.3 Å². The van der Waals surface area contributed by atoms with Crippen LogP contribution in [0.1, 0.15) is 53.0 Å². The third kappa shape index (κ3) is 15.7. The van der Waals surface area contributed by atoms with Crippen molar-refractivity contribution in [2.24, 2.45) is 11.7 Å². The van der Waals surface area contributed by atoms with Gasteiger partial charge in [-0.25, -0.2) is 0 Å². The monoisotopic (exact) mass is 840 g/mol. The molecule has 1 saturated heterocycles. The predicted molar refractivity (Wildman–Crippen MR) is 203 cm³/mol. The molecule has 0 unspecified atom stereocenters. The molecule has 330 valence electrons. The fourth-order valence-corrected chi connectivity index (χ4v) is 5.94. The van der Waals surface area contributed by atoms with Crippen LogP contribution in [0.25, 0.3) is 0 Å². The van der Waals surface area contributed by atoms with Gasteiger partial charge < -0.3 is 78.3 Å². The minimum atomic E-state index is -1.84. The van der Waals surface area contributed by atoms with E-state index in [1.54, 1.807) is 13.8 Å². The Labute approximate surface area is 339 Å². The largest absolute Gasteiger partial charge is 0.508 e. The first-order valence-electron chi connectivity index (χ1n) is 18.6. The number of aliphatic hydroxyl groups excluding tert-OH is 5. The third-order valence-electron chi connectivity index (χ3n) is 8.94. The van der Waals surface area contributed by atoms with Crippen molar-refractivity contribution in [2.45, 2.75) is 121 Å². The maximum atomic E-state index is 14.1. The molecular formula is C36H56N8O15. The smallest absolute Gasteiger partial charge is 0.245 e. The van der Waals surface area contributed by atoms with Gasteiger partial charge in [0.25, 0.3) is 0 Å². The van der Waals surface area contributed by atoms with Crippen LogP contribution in [-0.4, -0.2) is 158 Å². The van der Waals surface area contributed by atoms with E-state index in [0.717, 1.165) is 20.8 Å². The Morgan fingerprint density at radius 3 is 1.80 bits per heavy atom. The highest BCUT2D eigenvalue weighted by Gasteiger charge is 2.46. The fraction of sp³-hybridized carbons (Fsp3) is 0.611. The Morgan fingerprint density at radius 2 is 1.29 bits per heavy atom. The number of hydrogen-bond donors (Lipinski definition) is 14. The van der Waals surface area contributed by atoms with Gasteiger partial charge in [-0.1, -0.05) is 26.0 Å². The second-order valence-corrected chi connectivity index (χ2v) is 14.5. The molecule has 1 aromatic carbocycles. The Morgan fingerprint density at radius 1 is 0.729 bits per heavy atom. The minimum absolute atomic E-state index is 0.0764. The van der Waals surface area contributed by atoms with Gasteiger partial charge in [0.2, 0.25) is 47.3 Å². The zero-order valence-corrected chi connectivity index (χ0v) is 33.2. The van der Waals surface area contributed by atoms with Gasteiger partial charge in [-0.05, 0) is 37.0 Å². The first-order valence-corrected chi connectivity index (χ1v) is 18.6. The van der Waals surface area contributed by atoms with Crippen LogP contribution in [0.15, 0.2) is 24.3 Å². The maximum absolute atomic E-state index is 14.1. The molecule has 11 atom stereocenters. The van der Waals surface area contributed by atoms with Gasteiger partial charge >= 0.3 is 0 Å². The SMILES string of the molecule is CC(=O)N[C@@H]1[C@@H](O)[C@H](O)[C@@H](CO)O[C@H]1NC(=O)C[C@H](NC(=O)[C@H](Cc1ccc(O)cc1)NC(C)=O)C(=O)N[C@@H](CC(C)C)C(=O)N[C@H](C(=O)N[C@@H](CO)C(N)=O)[C@@H](C)O. The molecule has 0 bridgehead atoms. The molecule has 15 N–H and O–H groups in total. The normalized spacial score (nSPS) is 21.9. The van der Waals surface area contributed by atoms with Gasteiger partial charge in [0.15, 0.2) is 6.23 Å². The Hall–Kier alpha value is -5.46. The Bertz CT molecular complexity index is 1650. The number of amides is 8. The summed E-state index contributed by atoms with van der Waals surface area (Å²) in [5.74, 6) is -8.15. The summed E-state index contributed by atoms with van der Waals surface area (Å²) in [6.45, 7) is 5.01. The van der Waals surface area contributed by atoms with Gasteiger partial charge in [-0.2, -0.15) is 0 Å². The molecule has 1 heterocycles. The van der Waals surface area contributed by atoms with Crippen molar-refractivity contribution in [1.29, 1.82) is 0 Å². The molecular weight excluding hydrogens is 784 g/mol. The number of carbonyl (C=O) groups is 8. The van der Waals surface area contributed by atoms with Gasteiger partial charge in [0.1, 0.15) is 60.3 Å². The molecule has 2 rings (SSSR count). The second kappa shape index (κ2) is 23.2. The predicted octanol–water partition coefficient (Wildman–Crippen LogP) is -6.27. The fourth-order valence-electron chi connectivity index (χ4n) is 5.94. The van der Waals surface area contributed by atoms with Crippen molar-refractivity contribution in [3.8, 4) is 5.75 Å². The molecule has 0 radical (unpaired) electrons. The van der Waals surface area contributed by atoms with Crippen LogP contribution in [0.2, 0.25) is 0 Å². The molecule has 8 amide bonds. The summed E-state index contributed by atoms with van der Waals surface area (Å²) in [4.78, 5) is 104. The van der Waals surface area contributed by atoms with Crippen molar-refractivity contribution < 1.29 is 73.7 Å². The van der Waals surface area contributed by atoms with E-state index in [-0.39, 0.29) is 24.5 Å². The summed E-state index contributed by atoms with van der Waals surface area (Å²) in [5.41, 5.74) is 5.63. The summed E-state index contributed by atoms with van der Waals surface area (Å²) in [6.07, 6.45) is -9.21. The van der Waals surface area contributed by atoms with Gasteiger partial charge in [-0.3, -0.25) is 38.4 Å². The highest BCUT2D eigenvalue weighted by molar-refractivity contribution is 5.98. The Balaban J connectivity index is 2.49. The Kier molecular flexibility index (Phi) is 19.5. The molecule has 59 heavy (non-hydrogen) atoms. The molecule has 1 fully saturated rings. The lowest BCUT2D eigenvalue weighted by molar-refractivity contribution is -0.203. The molecule has 1 aromatic rings. The number of phenolic OH excluding ortho intramolecular Hbond substituents is 1. The standard InChI is InChI=1S/C36H56N8O15/c1-15(2)10-21(34(57)44-27(16(3)47)35(58)42-24(13-45)31(37)54)40-33(56)23(41-32(55)22(38-17(4)48)11-19-6-8-20(50)9-7-19)12-26(51)43-36-28(39-18(5)49)30(53)29(52)25(14-46)59-36/h6-9,15-16,21-25,27-30,36,45-47,50,52-53H,10-14H2,1-5H3,(H2,37,54)(H,38,48)(H,39,49)(H,40,56)(H,41,55)(H,42,58)(H,43,51)(H,44,57)/t16-,21+,22+,23+,24+,25-,27+,28-,29-,30-,36-/m1/s1. The molecule has 23 nitrogen and oxygen atoms in total. The van der Waals surface area contributed by atoms with Crippen molar-refractivity contribution in [2.75, 3.05) is 13.2 Å². The third-order valence-corrected chi connectivity index (χ3v) is 8.94. The summed E-state index contributed by atoms with van der Waals surface area (Å²) in [7, 11) is 0.